The number of carbonyl (C=O) groups is 1. The van der Waals surface area contributed by atoms with Gasteiger partial charge in [0.05, 0.1) is 43.7 Å². The second-order valence-electron chi connectivity index (χ2n) is 8.74. The van der Waals surface area contributed by atoms with E-state index in [1.807, 2.05) is 85.1 Å². The standard InChI is InChI=1S/C30H28N4O4S2/c1-18(28(35)34-29-31-25(17-39-29)21-6-5-7-24(16-21)38-4)40-30-32-26(19-8-12-22(36-2)13-9-19)27(33-30)20-10-14-23(37-3)15-11-20/h5-18H,1-4H3,(H,32,33)(H,31,34,35). The van der Waals surface area contributed by atoms with Crippen LogP contribution in [0.4, 0.5) is 5.13 Å². The minimum atomic E-state index is -0.428. The number of anilines is 1. The molecule has 0 aliphatic carbocycles. The maximum absolute atomic E-state index is 13.1. The van der Waals surface area contributed by atoms with Crippen molar-refractivity contribution in [3.8, 4) is 51.0 Å². The van der Waals surface area contributed by atoms with Crippen molar-refractivity contribution in [1.29, 1.82) is 0 Å². The van der Waals surface area contributed by atoms with Gasteiger partial charge >= 0.3 is 0 Å². The van der Waals surface area contributed by atoms with Gasteiger partial charge in [0, 0.05) is 22.1 Å². The van der Waals surface area contributed by atoms with E-state index >= 15 is 0 Å². The highest BCUT2D eigenvalue weighted by molar-refractivity contribution is 8.00. The van der Waals surface area contributed by atoms with Crippen LogP contribution in [0.1, 0.15) is 6.92 Å². The first kappa shape index (κ1) is 27.3. The van der Waals surface area contributed by atoms with E-state index in [2.05, 4.69) is 15.3 Å². The number of H-pyrrole nitrogens is 1. The quantitative estimate of drug-likeness (QED) is 0.174. The van der Waals surface area contributed by atoms with E-state index in [9.17, 15) is 4.79 Å². The number of benzene rings is 3. The molecule has 40 heavy (non-hydrogen) atoms. The number of hydrogen-bond donors (Lipinski definition) is 2. The molecule has 2 heterocycles. The van der Waals surface area contributed by atoms with Crippen molar-refractivity contribution in [2.24, 2.45) is 0 Å². The fourth-order valence-electron chi connectivity index (χ4n) is 4.01. The van der Waals surface area contributed by atoms with Crippen LogP contribution in [0.2, 0.25) is 0 Å². The molecule has 10 heteroatoms. The van der Waals surface area contributed by atoms with E-state index < -0.39 is 5.25 Å². The topological polar surface area (TPSA) is 98.4 Å². The van der Waals surface area contributed by atoms with Gasteiger partial charge in [-0.3, -0.25) is 4.79 Å². The SMILES string of the molecule is COc1ccc(-c2nc(SC(C)C(=O)Nc3nc(-c4cccc(OC)c4)cs3)[nH]c2-c2ccc(OC)cc2)cc1. The van der Waals surface area contributed by atoms with Crippen LogP contribution in [0.3, 0.4) is 0 Å². The molecule has 2 N–H and O–H groups in total. The number of hydrogen-bond acceptors (Lipinski definition) is 8. The van der Waals surface area contributed by atoms with E-state index in [4.69, 9.17) is 19.2 Å². The smallest absolute Gasteiger partial charge is 0.239 e. The highest BCUT2D eigenvalue weighted by Gasteiger charge is 2.21. The number of nitrogens with zero attached hydrogens (tertiary/aromatic N) is 2. The fourth-order valence-corrected chi connectivity index (χ4v) is 5.53. The molecule has 1 atom stereocenters. The summed E-state index contributed by atoms with van der Waals surface area (Å²) < 4.78 is 15.9. The third-order valence-electron chi connectivity index (χ3n) is 6.18. The molecule has 3 aromatic carbocycles. The molecular formula is C30H28N4O4S2. The number of rotatable bonds is 10. The van der Waals surface area contributed by atoms with Gasteiger partial charge in [0.1, 0.15) is 17.2 Å². The first-order valence-electron chi connectivity index (χ1n) is 12.4. The third-order valence-corrected chi connectivity index (χ3v) is 7.92. The average Bonchev–Trinajstić information content (AvgIpc) is 3.64. The Bertz CT molecular complexity index is 1530. The van der Waals surface area contributed by atoms with E-state index in [1.165, 1.54) is 23.1 Å². The van der Waals surface area contributed by atoms with E-state index in [-0.39, 0.29) is 5.91 Å². The van der Waals surface area contributed by atoms with Crippen LogP contribution in [0.15, 0.2) is 83.3 Å². The Kier molecular flexibility index (Phi) is 8.37. The lowest BCUT2D eigenvalue weighted by Gasteiger charge is -2.08. The summed E-state index contributed by atoms with van der Waals surface area (Å²) in [6, 6.07) is 23.2. The Morgan fingerprint density at radius 2 is 1.50 bits per heavy atom. The Balaban J connectivity index is 1.34. The number of nitrogens with one attached hydrogen (secondary N) is 2. The van der Waals surface area contributed by atoms with Gasteiger partial charge in [0.15, 0.2) is 10.3 Å². The molecule has 0 spiro atoms. The second-order valence-corrected chi connectivity index (χ2v) is 10.9. The normalized spacial score (nSPS) is 11.6. The first-order chi connectivity index (χ1) is 19.5. The summed E-state index contributed by atoms with van der Waals surface area (Å²) in [4.78, 5) is 26.0. The van der Waals surface area contributed by atoms with Gasteiger partial charge in [0.25, 0.3) is 0 Å². The summed E-state index contributed by atoms with van der Waals surface area (Å²) in [5.74, 6) is 2.13. The van der Waals surface area contributed by atoms with Crippen LogP contribution in [0.25, 0.3) is 33.8 Å². The van der Waals surface area contributed by atoms with Crippen molar-refractivity contribution in [2.45, 2.75) is 17.3 Å². The number of ether oxygens (including phenoxy) is 3. The highest BCUT2D eigenvalue weighted by atomic mass is 32.2. The number of thiazole rings is 1. The van der Waals surface area contributed by atoms with Gasteiger partial charge in [-0.25, -0.2) is 9.97 Å². The van der Waals surface area contributed by atoms with Crippen LogP contribution in [0.5, 0.6) is 17.2 Å². The van der Waals surface area contributed by atoms with E-state index in [0.29, 0.717) is 10.3 Å². The molecule has 2 aromatic heterocycles. The maximum Gasteiger partial charge on any atom is 0.239 e. The number of aromatic nitrogens is 3. The van der Waals surface area contributed by atoms with Crippen molar-refractivity contribution in [2.75, 3.05) is 26.6 Å². The summed E-state index contributed by atoms with van der Waals surface area (Å²) in [6.07, 6.45) is 0. The van der Waals surface area contributed by atoms with Crippen LogP contribution >= 0.6 is 23.1 Å². The van der Waals surface area contributed by atoms with Gasteiger partial charge < -0.3 is 24.5 Å². The number of methoxy groups -OCH3 is 3. The molecule has 5 rings (SSSR count). The molecule has 0 fully saturated rings. The van der Waals surface area contributed by atoms with Crippen molar-refractivity contribution in [3.63, 3.8) is 0 Å². The minimum Gasteiger partial charge on any atom is -0.497 e. The Hall–Kier alpha value is -4.28. The summed E-state index contributed by atoms with van der Waals surface area (Å²) in [5, 5.41) is 5.59. The minimum absolute atomic E-state index is 0.162. The summed E-state index contributed by atoms with van der Waals surface area (Å²) in [7, 11) is 4.91. The highest BCUT2D eigenvalue weighted by Crippen LogP contribution is 2.35. The van der Waals surface area contributed by atoms with Crippen molar-refractivity contribution < 1.29 is 19.0 Å². The molecule has 8 nitrogen and oxygen atoms in total. The van der Waals surface area contributed by atoms with E-state index in [1.54, 1.807) is 21.3 Å². The number of imidazole rings is 1. The number of carbonyl (C=O) groups excluding carboxylic acids is 1. The molecule has 1 unspecified atom stereocenters. The molecule has 0 bridgehead atoms. The maximum atomic E-state index is 13.1. The van der Waals surface area contributed by atoms with Gasteiger partial charge in [-0.2, -0.15) is 0 Å². The van der Waals surface area contributed by atoms with Crippen LogP contribution in [-0.4, -0.2) is 47.4 Å². The average molecular weight is 573 g/mol. The largest absolute Gasteiger partial charge is 0.497 e. The van der Waals surface area contributed by atoms with Crippen molar-refractivity contribution in [3.05, 3.63) is 78.2 Å². The molecule has 0 aliphatic rings. The lowest BCUT2D eigenvalue weighted by atomic mass is 10.0. The lowest BCUT2D eigenvalue weighted by Crippen LogP contribution is -2.22. The molecule has 0 aliphatic heterocycles. The summed E-state index contributed by atoms with van der Waals surface area (Å²) in [5.41, 5.74) is 5.22. The van der Waals surface area contributed by atoms with Gasteiger partial charge in [-0.05, 0) is 67.6 Å². The van der Waals surface area contributed by atoms with Crippen LogP contribution in [0, 0.1) is 0 Å². The van der Waals surface area contributed by atoms with E-state index in [0.717, 1.165) is 51.0 Å². The number of aromatic amines is 1. The van der Waals surface area contributed by atoms with Gasteiger partial charge in [-0.15, -0.1) is 11.3 Å². The van der Waals surface area contributed by atoms with Crippen molar-refractivity contribution in [1.82, 2.24) is 15.0 Å². The molecule has 0 radical (unpaired) electrons. The predicted octanol–water partition coefficient (Wildman–Crippen LogP) is 7.01. The molecule has 1 amide bonds. The van der Waals surface area contributed by atoms with Crippen LogP contribution < -0.4 is 19.5 Å². The van der Waals surface area contributed by atoms with Gasteiger partial charge in [-0.1, -0.05) is 23.9 Å². The Morgan fingerprint density at radius 1 is 0.850 bits per heavy atom. The zero-order chi connectivity index (χ0) is 28.1. The number of amides is 1. The summed E-state index contributed by atoms with van der Waals surface area (Å²) in [6.45, 7) is 1.85. The lowest BCUT2D eigenvalue weighted by molar-refractivity contribution is -0.115. The van der Waals surface area contributed by atoms with Crippen LogP contribution in [-0.2, 0) is 4.79 Å². The zero-order valence-electron chi connectivity index (χ0n) is 22.4. The predicted molar refractivity (Wildman–Crippen MR) is 161 cm³/mol. The third kappa shape index (κ3) is 6.13. The number of thioether (sulfide) groups is 1. The Labute approximate surface area is 240 Å². The Morgan fingerprint density at radius 3 is 2.15 bits per heavy atom. The van der Waals surface area contributed by atoms with Gasteiger partial charge in [0.2, 0.25) is 5.91 Å². The zero-order valence-corrected chi connectivity index (χ0v) is 24.1. The molecule has 0 saturated heterocycles. The monoisotopic (exact) mass is 572 g/mol. The molecule has 5 aromatic rings. The fraction of sp³-hybridized carbons (Fsp3) is 0.167. The first-order valence-corrected chi connectivity index (χ1v) is 14.2. The second kappa shape index (κ2) is 12.3. The molecule has 204 valence electrons. The molecular weight excluding hydrogens is 544 g/mol. The molecule has 0 saturated carbocycles. The van der Waals surface area contributed by atoms with Crippen molar-refractivity contribution >= 4 is 34.1 Å². The summed E-state index contributed by atoms with van der Waals surface area (Å²) >= 11 is 2.73.